The predicted octanol–water partition coefficient (Wildman–Crippen LogP) is 3.21. The summed E-state index contributed by atoms with van der Waals surface area (Å²) in [6.45, 7) is 8.11. The summed E-state index contributed by atoms with van der Waals surface area (Å²) in [6.07, 6.45) is 3.84. The van der Waals surface area contributed by atoms with Crippen molar-refractivity contribution >= 4 is 17.7 Å². The van der Waals surface area contributed by atoms with E-state index in [1.165, 1.54) is 0 Å². The Kier molecular flexibility index (Phi) is 7.96. The number of anilines is 1. The number of benzene rings is 1. The molecule has 0 atom stereocenters. The molecule has 1 aromatic carbocycles. The van der Waals surface area contributed by atoms with E-state index in [1.807, 2.05) is 39.1 Å². The molecule has 2 heterocycles. The van der Waals surface area contributed by atoms with E-state index in [0.29, 0.717) is 25.6 Å². The predicted molar refractivity (Wildman–Crippen MR) is 117 cm³/mol. The molecule has 1 N–H and O–H groups in total. The first-order valence-electron chi connectivity index (χ1n) is 11.1. The van der Waals surface area contributed by atoms with Crippen LogP contribution in [-0.4, -0.2) is 62.8 Å². The highest BCUT2D eigenvalue weighted by Gasteiger charge is 2.24. The molecule has 166 valence electrons. The van der Waals surface area contributed by atoms with Crippen molar-refractivity contribution < 1.29 is 19.1 Å². The summed E-state index contributed by atoms with van der Waals surface area (Å²) in [5.74, 6) is 1.41. The van der Waals surface area contributed by atoms with Gasteiger partial charge in [0.25, 0.3) is 0 Å². The van der Waals surface area contributed by atoms with Gasteiger partial charge in [-0.3, -0.25) is 4.79 Å². The van der Waals surface area contributed by atoms with E-state index in [2.05, 4.69) is 10.2 Å². The molecule has 1 fully saturated rings. The number of nitrogens with one attached hydrogen (secondary N) is 1. The van der Waals surface area contributed by atoms with E-state index >= 15 is 0 Å². The summed E-state index contributed by atoms with van der Waals surface area (Å²) in [4.78, 5) is 27.8. The van der Waals surface area contributed by atoms with Gasteiger partial charge >= 0.3 is 6.09 Å². The maximum absolute atomic E-state index is 11.9. The van der Waals surface area contributed by atoms with E-state index in [9.17, 15) is 9.59 Å². The van der Waals surface area contributed by atoms with Crippen molar-refractivity contribution in [1.29, 1.82) is 0 Å². The number of ether oxygens (including phenoxy) is 2. The Morgan fingerprint density at radius 2 is 2.00 bits per heavy atom. The summed E-state index contributed by atoms with van der Waals surface area (Å²) in [6, 6.07) is 6.13. The number of rotatable bonds is 8. The molecule has 0 bridgehead atoms. The fourth-order valence-electron chi connectivity index (χ4n) is 4.01. The molecule has 0 saturated carbocycles. The van der Waals surface area contributed by atoms with Crippen LogP contribution in [0.2, 0.25) is 0 Å². The molecule has 2 amide bonds. The van der Waals surface area contributed by atoms with Crippen molar-refractivity contribution in [3.05, 3.63) is 23.8 Å². The third-order valence-corrected chi connectivity index (χ3v) is 5.77. The summed E-state index contributed by atoms with van der Waals surface area (Å²) >= 11 is 0. The van der Waals surface area contributed by atoms with Crippen molar-refractivity contribution in [1.82, 2.24) is 10.2 Å². The van der Waals surface area contributed by atoms with Gasteiger partial charge in [0.1, 0.15) is 5.75 Å². The summed E-state index contributed by atoms with van der Waals surface area (Å²) in [5.41, 5.74) is 2.10. The number of fused-ring (bicyclic) bond motifs is 1. The number of amides is 2. The van der Waals surface area contributed by atoms with Gasteiger partial charge in [-0.05, 0) is 43.7 Å². The smallest absolute Gasteiger partial charge is 0.407 e. The van der Waals surface area contributed by atoms with E-state index in [4.69, 9.17) is 9.47 Å². The van der Waals surface area contributed by atoms with E-state index in [-0.39, 0.29) is 18.0 Å². The minimum atomic E-state index is -0.297. The van der Waals surface area contributed by atoms with Crippen molar-refractivity contribution in [2.45, 2.75) is 52.0 Å². The van der Waals surface area contributed by atoms with Crippen molar-refractivity contribution in [3.8, 4) is 5.75 Å². The lowest BCUT2D eigenvalue weighted by molar-refractivity contribution is -0.118. The molecule has 0 unspecified atom stereocenters. The van der Waals surface area contributed by atoms with E-state index in [0.717, 1.165) is 62.3 Å². The highest BCUT2D eigenvalue weighted by molar-refractivity contribution is 5.96. The van der Waals surface area contributed by atoms with Gasteiger partial charge in [0.15, 0.2) is 0 Å². The largest absolute Gasteiger partial charge is 0.493 e. The standard InChI is InChI=1S/C23H35N3O4/c1-17(2)16-30-23(28)24-18-10-13-26(14-11-18)12-5-15-29-21-7-4-6-20-19(21)8-9-22(27)25(20)3/h4,6-7,17-18H,5,8-16H2,1-3H3,(H,24,28). The van der Waals surface area contributed by atoms with Gasteiger partial charge in [0.2, 0.25) is 5.91 Å². The van der Waals surface area contributed by atoms with Gasteiger partial charge in [0.05, 0.1) is 18.9 Å². The molecule has 7 nitrogen and oxygen atoms in total. The Morgan fingerprint density at radius 1 is 1.23 bits per heavy atom. The second-order valence-corrected chi connectivity index (χ2v) is 8.66. The average molecular weight is 418 g/mol. The van der Waals surface area contributed by atoms with Crippen LogP contribution in [-0.2, 0) is 16.0 Å². The maximum atomic E-state index is 11.9. The molecular formula is C23H35N3O4. The number of nitrogens with zero attached hydrogens (tertiary/aromatic N) is 2. The van der Waals surface area contributed by atoms with Crippen LogP contribution in [0.25, 0.3) is 0 Å². The average Bonchev–Trinajstić information content (AvgIpc) is 2.73. The Bertz CT molecular complexity index is 729. The summed E-state index contributed by atoms with van der Waals surface area (Å²) in [7, 11) is 1.83. The molecule has 0 aliphatic carbocycles. The van der Waals surface area contributed by atoms with Crippen LogP contribution in [0.15, 0.2) is 18.2 Å². The van der Waals surface area contributed by atoms with Crippen LogP contribution in [0.1, 0.15) is 45.1 Å². The molecule has 1 saturated heterocycles. The van der Waals surface area contributed by atoms with Crippen molar-refractivity contribution in [2.75, 3.05) is 44.8 Å². The van der Waals surface area contributed by atoms with Crippen LogP contribution in [0.5, 0.6) is 5.75 Å². The van der Waals surface area contributed by atoms with Gasteiger partial charge in [-0.2, -0.15) is 0 Å². The highest BCUT2D eigenvalue weighted by atomic mass is 16.5. The van der Waals surface area contributed by atoms with E-state index in [1.54, 1.807) is 4.90 Å². The monoisotopic (exact) mass is 417 g/mol. The minimum absolute atomic E-state index is 0.158. The molecule has 0 radical (unpaired) electrons. The van der Waals surface area contributed by atoms with Crippen LogP contribution in [0, 0.1) is 5.92 Å². The normalized spacial score (nSPS) is 17.7. The number of hydrogen-bond donors (Lipinski definition) is 1. The molecule has 2 aliphatic rings. The van der Waals surface area contributed by atoms with Crippen LogP contribution < -0.4 is 15.0 Å². The molecule has 0 aromatic heterocycles. The molecule has 1 aromatic rings. The number of hydrogen-bond acceptors (Lipinski definition) is 5. The first-order chi connectivity index (χ1) is 14.4. The maximum Gasteiger partial charge on any atom is 0.407 e. The van der Waals surface area contributed by atoms with Crippen LogP contribution in [0.3, 0.4) is 0 Å². The lowest BCUT2D eigenvalue weighted by atomic mass is 10.0. The van der Waals surface area contributed by atoms with Crippen LogP contribution in [0.4, 0.5) is 10.5 Å². The Hall–Kier alpha value is -2.28. The number of piperidine rings is 1. The summed E-state index contributed by atoms with van der Waals surface area (Å²) in [5, 5.41) is 2.98. The summed E-state index contributed by atoms with van der Waals surface area (Å²) < 4.78 is 11.3. The van der Waals surface area contributed by atoms with Gasteiger partial charge in [-0.15, -0.1) is 0 Å². The number of carbonyl (C=O) groups is 2. The van der Waals surface area contributed by atoms with Gasteiger partial charge in [-0.1, -0.05) is 19.9 Å². The molecule has 30 heavy (non-hydrogen) atoms. The molecule has 0 spiro atoms. The second-order valence-electron chi connectivity index (χ2n) is 8.66. The van der Waals surface area contributed by atoms with E-state index < -0.39 is 0 Å². The highest BCUT2D eigenvalue weighted by Crippen LogP contribution is 2.33. The van der Waals surface area contributed by atoms with Gasteiger partial charge < -0.3 is 24.6 Å². The molecule has 3 rings (SSSR count). The number of carbonyl (C=O) groups excluding carboxylic acids is 2. The number of alkyl carbamates (subject to hydrolysis) is 1. The number of likely N-dealkylation sites (tertiary alicyclic amines) is 1. The Labute approximate surface area is 179 Å². The van der Waals surface area contributed by atoms with Gasteiger partial charge in [-0.25, -0.2) is 4.79 Å². The van der Waals surface area contributed by atoms with Crippen molar-refractivity contribution in [3.63, 3.8) is 0 Å². The molecular weight excluding hydrogens is 382 g/mol. The fraction of sp³-hybridized carbons (Fsp3) is 0.652. The minimum Gasteiger partial charge on any atom is -0.493 e. The van der Waals surface area contributed by atoms with Crippen molar-refractivity contribution in [2.24, 2.45) is 5.92 Å². The zero-order valence-corrected chi connectivity index (χ0v) is 18.5. The quantitative estimate of drug-likeness (QED) is 0.658. The topological polar surface area (TPSA) is 71.1 Å². The lowest BCUT2D eigenvalue weighted by Gasteiger charge is -2.32. The third kappa shape index (κ3) is 6.11. The first-order valence-corrected chi connectivity index (χ1v) is 11.1. The third-order valence-electron chi connectivity index (χ3n) is 5.77. The second kappa shape index (κ2) is 10.7. The lowest BCUT2D eigenvalue weighted by Crippen LogP contribution is -2.45. The first kappa shape index (κ1) is 22.4. The fourth-order valence-corrected chi connectivity index (χ4v) is 4.01. The zero-order chi connectivity index (χ0) is 21.5. The SMILES string of the molecule is CC(C)COC(=O)NC1CCN(CCCOc2cccc3c2CCC(=O)N3C)CC1. The zero-order valence-electron chi connectivity index (χ0n) is 18.5. The Balaban J connectivity index is 1.35. The van der Waals surface area contributed by atoms with Crippen LogP contribution >= 0.6 is 0 Å². The molecule has 2 aliphatic heterocycles. The molecule has 7 heteroatoms. The van der Waals surface area contributed by atoms with Gasteiger partial charge in [0, 0.05) is 44.7 Å². The Morgan fingerprint density at radius 3 is 2.73 bits per heavy atom.